The van der Waals surface area contributed by atoms with Gasteiger partial charge in [-0.3, -0.25) is 0 Å². The molecule has 1 aromatic heterocycles. The highest BCUT2D eigenvalue weighted by molar-refractivity contribution is 9.11. The maximum absolute atomic E-state index is 5.30. The number of rotatable bonds is 6. The average molecular weight is 366 g/mol. The van der Waals surface area contributed by atoms with Crippen LogP contribution in [0.1, 0.15) is 29.2 Å². The van der Waals surface area contributed by atoms with Crippen molar-refractivity contribution in [2.75, 3.05) is 13.7 Å². The van der Waals surface area contributed by atoms with Gasteiger partial charge in [0.05, 0.1) is 10.9 Å². The SMILES string of the molecule is COc1cccc(C2CC(NCCc3ccc(Br)s3)C2)c1. The van der Waals surface area contributed by atoms with Crippen molar-refractivity contribution < 1.29 is 4.74 Å². The van der Waals surface area contributed by atoms with E-state index in [9.17, 15) is 0 Å². The number of halogens is 1. The lowest BCUT2D eigenvalue weighted by atomic mass is 9.76. The number of hydrogen-bond donors (Lipinski definition) is 1. The number of benzene rings is 1. The highest BCUT2D eigenvalue weighted by atomic mass is 79.9. The van der Waals surface area contributed by atoms with Gasteiger partial charge in [-0.25, -0.2) is 0 Å². The summed E-state index contributed by atoms with van der Waals surface area (Å²) in [6.07, 6.45) is 3.60. The Morgan fingerprint density at radius 3 is 2.86 bits per heavy atom. The number of ether oxygens (including phenoxy) is 1. The molecule has 0 saturated heterocycles. The number of nitrogens with one attached hydrogen (secondary N) is 1. The molecule has 0 bridgehead atoms. The minimum absolute atomic E-state index is 0.671. The fourth-order valence-corrected chi connectivity index (χ4v) is 4.32. The van der Waals surface area contributed by atoms with Crippen molar-refractivity contribution in [3.63, 3.8) is 0 Å². The van der Waals surface area contributed by atoms with E-state index in [0.717, 1.165) is 18.7 Å². The minimum Gasteiger partial charge on any atom is -0.497 e. The Morgan fingerprint density at radius 2 is 2.14 bits per heavy atom. The van der Waals surface area contributed by atoms with Gasteiger partial charge < -0.3 is 10.1 Å². The molecule has 0 unspecified atom stereocenters. The number of thiophene rings is 1. The lowest BCUT2D eigenvalue weighted by Gasteiger charge is -2.36. The minimum atomic E-state index is 0.671. The summed E-state index contributed by atoms with van der Waals surface area (Å²) in [5.74, 6) is 1.65. The van der Waals surface area contributed by atoms with Gasteiger partial charge >= 0.3 is 0 Å². The van der Waals surface area contributed by atoms with Crippen LogP contribution in [-0.4, -0.2) is 19.7 Å². The Kier molecular flexibility index (Phi) is 4.99. The van der Waals surface area contributed by atoms with Gasteiger partial charge in [-0.05, 0) is 70.9 Å². The van der Waals surface area contributed by atoms with Gasteiger partial charge in [-0.1, -0.05) is 12.1 Å². The second-order valence-corrected chi connectivity index (χ2v) is 8.10. The molecule has 0 atom stereocenters. The monoisotopic (exact) mass is 365 g/mol. The molecule has 0 radical (unpaired) electrons. The molecule has 2 nitrogen and oxygen atoms in total. The molecule has 3 rings (SSSR count). The fraction of sp³-hybridized carbons (Fsp3) is 0.412. The predicted octanol–water partition coefficient (Wildman–Crippen LogP) is 4.60. The van der Waals surface area contributed by atoms with E-state index in [1.54, 1.807) is 7.11 Å². The summed E-state index contributed by atoms with van der Waals surface area (Å²) < 4.78 is 6.52. The highest BCUT2D eigenvalue weighted by Crippen LogP contribution is 2.37. The molecule has 1 aliphatic rings. The van der Waals surface area contributed by atoms with Crippen LogP contribution < -0.4 is 10.1 Å². The normalized spacial score (nSPS) is 21.0. The molecule has 0 aliphatic heterocycles. The van der Waals surface area contributed by atoms with Crippen molar-refractivity contribution in [2.45, 2.75) is 31.2 Å². The molecule has 0 amide bonds. The zero-order valence-electron chi connectivity index (χ0n) is 12.1. The zero-order valence-corrected chi connectivity index (χ0v) is 14.5. The van der Waals surface area contributed by atoms with Crippen molar-refractivity contribution in [3.05, 3.63) is 50.6 Å². The van der Waals surface area contributed by atoms with Crippen LogP contribution >= 0.6 is 27.3 Å². The summed E-state index contributed by atoms with van der Waals surface area (Å²) in [7, 11) is 1.73. The summed E-state index contributed by atoms with van der Waals surface area (Å²) in [5, 5.41) is 3.67. The summed E-state index contributed by atoms with van der Waals surface area (Å²) in [5.41, 5.74) is 1.41. The quantitative estimate of drug-likeness (QED) is 0.807. The van der Waals surface area contributed by atoms with Crippen LogP contribution in [0.3, 0.4) is 0 Å². The van der Waals surface area contributed by atoms with Crippen molar-refractivity contribution in [2.24, 2.45) is 0 Å². The number of hydrogen-bond acceptors (Lipinski definition) is 3. The molecule has 1 N–H and O–H groups in total. The molecule has 4 heteroatoms. The molecule has 1 aliphatic carbocycles. The second kappa shape index (κ2) is 6.95. The summed E-state index contributed by atoms with van der Waals surface area (Å²) in [4.78, 5) is 1.44. The van der Waals surface area contributed by atoms with Crippen LogP contribution in [0.15, 0.2) is 40.2 Å². The molecule has 0 spiro atoms. The first-order chi connectivity index (χ1) is 10.2. The Morgan fingerprint density at radius 1 is 1.29 bits per heavy atom. The van der Waals surface area contributed by atoms with Crippen molar-refractivity contribution in [1.29, 1.82) is 0 Å². The van der Waals surface area contributed by atoms with Gasteiger partial charge in [0.1, 0.15) is 5.75 Å². The van der Waals surface area contributed by atoms with E-state index in [1.807, 2.05) is 17.4 Å². The van der Waals surface area contributed by atoms with Gasteiger partial charge in [0, 0.05) is 17.5 Å². The first-order valence-electron chi connectivity index (χ1n) is 7.36. The third-order valence-corrected chi connectivity index (χ3v) is 5.82. The Bertz CT molecular complexity index is 592. The van der Waals surface area contributed by atoms with Gasteiger partial charge in [-0.15, -0.1) is 11.3 Å². The predicted molar refractivity (Wildman–Crippen MR) is 92.5 cm³/mol. The maximum atomic E-state index is 5.30. The molecule has 112 valence electrons. The van der Waals surface area contributed by atoms with Crippen LogP contribution in [0, 0.1) is 0 Å². The average Bonchev–Trinajstić information content (AvgIpc) is 2.87. The maximum Gasteiger partial charge on any atom is 0.119 e. The lowest BCUT2D eigenvalue weighted by Crippen LogP contribution is -2.40. The molecule has 1 aromatic carbocycles. The van der Waals surface area contributed by atoms with E-state index >= 15 is 0 Å². The standard InChI is InChI=1S/C17H20BrNOS/c1-20-15-4-2-3-12(11-15)13-9-14(10-13)19-8-7-16-5-6-17(18)21-16/h2-6,11,13-14,19H,7-10H2,1H3. The van der Waals surface area contributed by atoms with Gasteiger partial charge in [0.15, 0.2) is 0 Å². The van der Waals surface area contributed by atoms with E-state index in [-0.39, 0.29) is 0 Å². The third-order valence-electron chi connectivity index (χ3n) is 4.14. The molecular weight excluding hydrogens is 346 g/mol. The van der Waals surface area contributed by atoms with Gasteiger partial charge in [-0.2, -0.15) is 0 Å². The van der Waals surface area contributed by atoms with Crippen LogP contribution in [0.4, 0.5) is 0 Å². The van der Waals surface area contributed by atoms with Crippen LogP contribution in [-0.2, 0) is 6.42 Å². The second-order valence-electron chi connectivity index (χ2n) is 5.55. The largest absolute Gasteiger partial charge is 0.497 e. The van der Waals surface area contributed by atoms with Crippen LogP contribution in [0.5, 0.6) is 5.75 Å². The van der Waals surface area contributed by atoms with E-state index in [1.165, 1.54) is 27.1 Å². The van der Waals surface area contributed by atoms with Crippen molar-refractivity contribution in [1.82, 2.24) is 5.32 Å². The lowest BCUT2D eigenvalue weighted by molar-refractivity contribution is 0.292. The molecule has 1 heterocycles. The number of methoxy groups -OCH3 is 1. The van der Waals surface area contributed by atoms with Gasteiger partial charge in [0.25, 0.3) is 0 Å². The first-order valence-corrected chi connectivity index (χ1v) is 8.97. The first kappa shape index (κ1) is 15.1. The van der Waals surface area contributed by atoms with E-state index in [0.29, 0.717) is 12.0 Å². The van der Waals surface area contributed by atoms with E-state index in [4.69, 9.17) is 4.74 Å². The molecule has 2 aromatic rings. The summed E-state index contributed by atoms with van der Waals surface area (Å²) in [6.45, 7) is 1.07. The molecule has 1 fully saturated rings. The van der Waals surface area contributed by atoms with E-state index in [2.05, 4.69) is 51.6 Å². The summed E-state index contributed by atoms with van der Waals surface area (Å²) in [6, 6.07) is 13.5. The summed E-state index contributed by atoms with van der Waals surface area (Å²) >= 11 is 5.34. The third kappa shape index (κ3) is 3.87. The smallest absolute Gasteiger partial charge is 0.119 e. The van der Waals surface area contributed by atoms with E-state index < -0.39 is 0 Å². The zero-order chi connectivity index (χ0) is 14.7. The fourth-order valence-electron chi connectivity index (χ4n) is 2.84. The van der Waals surface area contributed by atoms with Crippen LogP contribution in [0.25, 0.3) is 0 Å². The molecule has 21 heavy (non-hydrogen) atoms. The van der Waals surface area contributed by atoms with Crippen molar-refractivity contribution in [3.8, 4) is 5.75 Å². The van der Waals surface area contributed by atoms with Crippen molar-refractivity contribution >= 4 is 27.3 Å². The Hall–Kier alpha value is -0.840. The Labute approximate surface area is 138 Å². The molecule has 1 saturated carbocycles. The molecular formula is C17H20BrNOS. The Balaban J connectivity index is 1.41. The highest BCUT2D eigenvalue weighted by Gasteiger charge is 2.29. The topological polar surface area (TPSA) is 21.3 Å². The van der Waals surface area contributed by atoms with Gasteiger partial charge in [0.2, 0.25) is 0 Å². The van der Waals surface area contributed by atoms with Crippen LogP contribution in [0.2, 0.25) is 0 Å².